The summed E-state index contributed by atoms with van der Waals surface area (Å²) in [6, 6.07) is 16.6. The SMILES string of the molecule is N#Cc1ccc(Cl)cc1Oc1cnc2ccccc2c1. The lowest BCUT2D eigenvalue weighted by Crippen LogP contribution is -1.89. The quantitative estimate of drug-likeness (QED) is 0.691. The Labute approximate surface area is 121 Å². The topological polar surface area (TPSA) is 45.9 Å². The number of hydrogen-bond donors (Lipinski definition) is 0. The fraction of sp³-hybridized carbons (Fsp3) is 0. The van der Waals surface area contributed by atoms with Crippen LogP contribution in [0.2, 0.25) is 5.02 Å². The van der Waals surface area contributed by atoms with Crippen molar-refractivity contribution < 1.29 is 4.74 Å². The van der Waals surface area contributed by atoms with E-state index in [0.717, 1.165) is 10.9 Å². The molecule has 4 heteroatoms. The lowest BCUT2D eigenvalue weighted by molar-refractivity contribution is 0.480. The van der Waals surface area contributed by atoms with E-state index in [-0.39, 0.29) is 0 Å². The van der Waals surface area contributed by atoms with E-state index in [9.17, 15) is 0 Å². The predicted octanol–water partition coefficient (Wildman–Crippen LogP) is 4.55. The zero-order valence-electron chi connectivity index (χ0n) is 10.4. The number of aromatic nitrogens is 1. The summed E-state index contributed by atoms with van der Waals surface area (Å²) < 4.78 is 5.72. The van der Waals surface area contributed by atoms with E-state index < -0.39 is 0 Å². The van der Waals surface area contributed by atoms with E-state index in [1.54, 1.807) is 24.4 Å². The van der Waals surface area contributed by atoms with E-state index in [2.05, 4.69) is 11.1 Å². The van der Waals surface area contributed by atoms with Gasteiger partial charge in [-0.2, -0.15) is 5.26 Å². The molecule has 96 valence electrons. The van der Waals surface area contributed by atoms with E-state index in [1.165, 1.54) is 0 Å². The summed E-state index contributed by atoms with van der Waals surface area (Å²) in [7, 11) is 0. The lowest BCUT2D eigenvalue weighted by Gasteiger charge is -2.08. The summed E-state index contributed by atoms with van der Waals surface area (Å²) in [6.07, 6.45) is 1.63. The van der Waals surface area contributed by atoms with Crippen LogP contribution in [0.4, 0.5) is 0 Å². The molecule has 0 atom stereocenters. The summed E-state index contributed by atoms with van der Waals surface area (Å²) in [5, 5.41) is 10.6. The minimum atomic E-state index is 0.428. The van der Waals surface area contributed by atoms with E-state index in [1.807, 2.05) is 30.3 Å². The third-order valence-corrected chi connectivity index (χ3v) is 3.09. The molecule has 0 fully saturated rings. The Morgan fingerprint density at radius 3 is 2.80 bits per heavy atom. The monoisotopic (exact) mass is 280 g/mol. The second kappa shape index (κ2) is 5.20. The highest BCUT2D eigenvalue weighted by molar-refractivity contribution is 6.30. The normalized spacial score (nSPS) is 10.2. The number of fused-ring (bicyclic) bond motifs is 1. The molecule has 0 N–H and O–H groups in total. The molecule has 0 spiro atoms. The number of hydrogen-bond acceptors (Lipinski definition) is 3. The van der Waals surface area contributed by atoms with Crippen LogP contribution < -0.4 is 4.74 Å². The van der Waals surface area contributed by atoms with Gasteiger partial charge in [0.1, 0.15) is 17.6 Å². The van der Waals surface area contributed by atoms with Gasteiger partial charge in [0, 0.05) is 16.5 Å². The van der Waals surface area contributed by atoms with Crippen LogP contribution in [0.25, 0.3) is 10.9 Å². The number of halogens is 1. The van der Waals surface area contributed by atoms with Gasteiger partial charge in [0.15, 0.2) is 0 Å². The molecule has 1 aromatic heterocycles. The minimum Gasteiger partial charge on any atom is -0.454 e. The molecule has 20 heavy (non-hydrogen) atoms. The van der Waals surface area contributed by atoms with Gasteiger partial charge >= 0.3 is 0 Å². The molecule has 1 heterocycles. The summed E-state index contributed by atoms with van der Waals surface area (Å²) in [4.78, 5) is 4.31. The molecule has 0 bridgehead atoms. The van der Waals surface area contributed by atoms with Gasteiger partial charge in [0.2, 0.25) is 0 Å². The Kier molecular flexibility index (Phi) is 3.24. The van der Waals surface area contributed by atoms with Crippen LogP contribution in [-0.2, 0) is 0 Å². The van der Waals surface area contributed by atoms with Crippen LogP contribution in [0.15, 0.2) is 54.7 Å². The third-order valence-electron chi connectivity index (χ3n) is 2.86. The maximum absolute atomic E-state index is 9.07. The van der Waals surface area contributed by atoms with E-state index in [0.29, 0.717) is 22.1 Å². The molecular weight excluding hydrogens is 272 g/mol. The fourth-order valence-corrected chi connectivity index (χ4v) is 2.07. The van der Waals surface area contributed by atoms with Crippen LogP contribution in [-0.4, -0.2) is 4.98 Å². The Hall–Kier alpha value is -2.57. The molecule has 0 radical (unpaired) electrons. The number of nitriles is 1. The molecule has 0 saturated heterocycles. The van der Waals surface area contributed by atoms with E-state index in [4.69, 9.17) is 21.6 Å². The largest absolute Gasteiger partial charge is 0.454 e. The molecule has 3 nitrogen and oxygen atoms in total. The second-order valence-electron chi connectivity index (χ2n) is 4.22. The molecule has 0 aliphatic carbocycles. The third kappa shape index (κ3) is 2.42. The second-order valence-corrected chi connectivity index (χ2v) is 4.65. The zero-order chi connectivity index (χ0) is 13.9. The first-order valence-electron chi connectivity index (χ1n) is 5.98. The first kappa shape index (κ1) is 12.5. The van der Waals surface area contributed by atoms with E-state index >= 15 is 0 Å². The van der Waals surface area contributed by atoms with Gasteiger partial charge < -0.3 is 4.74 Å². The highest BCUT2D eigenvalue weighted by Crippen LogP contribution is 2.29. The van der Waals surface area contributed by atoms with Gasteiger partial charge in [0.25, 0.3) is 0 Å². The van der Waals surface area contributed by atoms with Crippen molar-refractivity contribution in [1.29, 1.82) is 5.26 Å². The van der Waals surface area contributed by atoms with Crippen molar-refractivity contribution in [2.75, 3.05) is 0 Å². The molecule has 2 aromatic carbocycles. The van der Waals surface area contributed by atoms with Gasteiger partial charge in [-0.25, -0.2) is 0 Å². The fourth-order valence-electron chi connectivity index (χ4n) is 1.91. The molecule has 3 aromatic rings. The van der Waals surface area contributed by atoms with Crippen molar-refractivity contribution in [2.45, 2.75) is 0 Å². The van der Waals surface area contributed by atoms with Crippen LogP contribution in [0.3, 0.4) is 0 Å². The van der Waals surface area contributed by atoms with Crippen molar-refractivity contribution >= 4 is 22.5 Å². The molecule has 0 amide bonds. The van der Waals surface area contributed by atoms with Crippen molar-refractivity contribution in [2.24, 2.45) is 0 Å². The van der Waals surface area contributed by atoms with Gasteiger partial charge in [-0.1, -0.05) is 29.8 Å². The first-order valence-corrected chi connectivity index (χ1v) is 6.36. The number of para-hydroxylation sites is 1. The van der Waals surface area contributed by atoms with Gasteiger partial charge in [0.05, 0.1) is 17.3 Å². The van der Waals surface area contributed by atoms with Crippen molar-refractivity contribution in [3.8, 4) is 17.6 Å². The van der Waals surface area contributed by atoms with Crippen molar-refractivity contribution in [3.05, 3.63) is 65.3 Å². The van der Waals surface area contributed by atoms with Crippen molar-refractivity contribution in [1.82, 2.24) is 4.98 Å². The molecule has 0 unspecified atom stereocenters. The maximum Gasteiger partial charge on any atom is 0.146 e. The van der Waals surface area contributed by atoms with Crippen molar-refractivity contribution in [3.63, 3.8) is 0 Å². The number of nitrogens with zero attached hydrogens (tertiary/aromatic N) is 2. The minimum absolute atomic E-state index is 0.428. The molecule has 0 aliphatic rings. The number of rotatable bonds is 2. The standard InChI is InChI=1S/C16H9ClN2O/c17-13-6-5-12(9-18)16(8-13)20-14-7-11-3-1-2-4-15(11)19-10-14/h1-8,10H. The number of ether oxygens (including phenoxy) is 1. The highest BCUT2D eigenvalue weighted by atomic mass is 35.5. The number of pyridine rings is 1. The smallest absolute Gasteiger partial charge is 0.146 e. The van der Waals surface area contributed by atoms with Gasteiger partial charge in [-0.05, 0) is 24.3 Å². The van der Waals surface area contributed by atoms with Gasteiger partial charge in [-0.15, -0.1) is 0 Å². The summed E-state index contributed by atoms with van der Waals surface area (Å²) in [5.41, 5.74) is 1.33. The van der Waals surface area contributed by atoms with Crippen LogP contribution in [0, 0.1) is 11.3 Å². The Bertz CT molecular complexity index is 824. The lowest BCUT2D eigenvalue weighted by atomic mass is 10.2. The summed E-state index contributed by atoms with van der Waals surface area (Å²) in [6.45, 7) is 0. The summed E-state index contributed by atoms with van der Waals surface area (Å²) >= 11 is 5.93. The average molecular weight is 281 g/mol. The van der Waals surface area contributed by atoms with Crippen LogP contribution >= 0.6 is 11.6 Å². The molecule has 0 aliphatic heterocycles. The molecular formula is C16H9ClN2O. The first-order chi connectivity index (χ1) is 9.76. The predicted molar refractivity (Wildman–Crippen MR) is 78.0 cm³/mol. The molecule has 0 saturated carbocycles. The zero-order valence-corrected chi connectivity index (χ0v) is 11.1. The maximum atomic E-state index is 9.07. The Morgan fingerprint density at radius 1 is 1.10 bits per heavy atom. The van der Waals surface area contributed by atoms with Crippen LogP contribution in [0.5, 0.6) is 11.5 Å². The Balaban J connectivity index is 2.01. The number of benzene rings is 2. The van der Waals surface area contributed by atoms with Gasteiger partial charge in [-0.3, -0.25) is 4.98 Å². The van der Waals surface area contributed by atoms with Crippen LogP contribution in [0.1, 0.15) is 5.56 Å². The summed E-state index contributed by atoms with van der Waals surface area (Å²) in [5.74, 6) is 1.000. The average Bonchev–Trinajstić information content (AvgIpc) is 2.47. The molecule has 3 rings (SSSR count). The Morgan fingerprint density at radius 2 is 1.95 bits per heavy atom. The highest BCUT2D eigenvalue weighted by Gasteiger charge is 2.06.